The Bertz CT molecular complexity index is 3770. The number of para-hydroxylation sites is 4. The van der Waals surface area contributed by atoms with E-state index in [0.29, 0.717) is 6.54 Å². The molecule has 1 aliphatic heterocycles. The van der Waals surface area contributed by atoms with Crippen molar-refractivity contribution in [1.29, 1.82) is 0 Å². The van der Waals surface area contributed by atoms with E-state index in [4.69, 9.17) is 9.41 Å². The van der Waals surface area contributed by atoms with Gasteiger partial charge in [0.25, 0.3) is 0 Å². The van der Waals surface area contributed by atoms with Gasteiger partial charge < -0.3 is 13.6 Å². The molecule has 0 fully saturated rings. The Morgan fingerprint density at radius 2 is 0.919 bits per heavy atom. The van der Waals surface area contributed by atoms with Crippen LogP contribution in [0.15, 0.2) is 216 Å². The summed E-state index contributed by atoms with van der Waals surface area (Å²) in [7, 11) is 0. The number of furan rings is 1. The number of benzene rings is 9. The van der Waals surface area contributed by atoms with Crippen molar-refractivity contribution < 1.29 is 8.99 Å². The van der Waals surface area contributed by atoms with Gasteiger partial charge in [0.05, 0.1) is 27.6 Å². The van der Waals surface area contributed by atoms with Crippen LogP contribution in [0.5, 0.6) is 0 Å². The first-order valence-electron chi connectivity index (χ1n) is 21.2. The van der Waals surface area contributed by atoms with Crippen molar-refractivity contribution >= 4 is 83.3 Å². The lowest BCUT2D eigenvalue weighted by molar-refractivity contribution is -0.294. The van der Waals surface area contributed by atoms with E-state index in [0.717, 1.165) is 83.7 Å². The molecule has 0 aliphatic carbocycles. The highest BCUT2D eigenvalue weighted by molar-refractivity contribution is 6.14. The summed E-state index contributed by atoms with van der Waals surface area (Å²) < 4.78 is 13.5. The third-order valence-corrected chi connectivity index (χ3v) is 12.6. The predicted octanol–water partition coefficient (Wildman–Crippen LogP) is 14.3. The van der Waals surface area contributed by atoms with Gasteiger partial charge >= 0.3 is 5.84 Å². The average molecular weight is 794 g/mol. The molecule has 62 heavy (non-hydrogen) atoms. The molecule has 5 nitrogen and oxygen atoms in total. The summed E-state index contributed by atoms with van der Waals surface area (Å²) in [5, 5.41) is 7.10. The fourth-order valence-corrected chi connectivity index (χ4v) is 9.84. The van der Waals surface area contributed by atoms with Gasteiger partial charge in [-0.3, -0.25) is 0 Å². The van der Waals surface area contributed by atoms with Crippen LogP contribution in [-0.4, -0.2) is 32.3 Å². The zero-order chi connectivity index (χ0) is 40.7. The SMILES string of the molecule is C1=[N+](c2ccccc2-c2ccc3c(c2)c2cc(-c4ccc5oc6ccc(-n7c8ccccc8c8ccccc87)cc6c5c4)ccc2n3-c2ccccc2)C(c2ccccc2)=NC1. The highest BCUT2D eigenvalue weighted by atomic mass is 16.3. The van der Waals surface area contributed by atoms with Crippen molar-refractivity contribution in [3.8, 4) is 33.6 Å². The van der Waals surface area contributed by atoms with Gasteiger partial charge in [0, 0.05) is 49.3 Å². The van der Waals surface area contributed by atoms with Crippen molar-refractivity contribution in [2.75, 3.05) is 6.54 Å². The van der Waals surface area contributed by atoms with Gasteiger partial charge in [-0.05, 0) is 114 Å². The van der Waals surface area contributed by atoms with Gasteiger partial charge in [0.2, 0.25) is 0 Å². The molecular formula is C57H37N4O+. The first kappa shape index (κ1) is 34.6. The van der Waals surface area contributed by atoms with Crippen LogP contribution in [0.25, 0.3) is 99.2 Å². The fraction of sp³-hybridized carbons (Fsp3) is 0.0175. The molecule has 0 saturated carbocycles. The smallest absolute Gasteiger partial charge is 0.329 e. The number of hydrogen-bond donors (Lipinski definition) is 0. The van der Waals surface area contributed by atoms with Gasteiger partial charge in [-0.1, -0.05) is 114 Å². The predicted molar refractivity (Wildman–Crippen MR) is 257 cm³/mol. The maximum absolute atomic E-state index is 6.48. The Hall–Kier alpha value is -8.28. The molecule has 0 saturated heterocycles. The van der Waals surface area contributed by atoms with E-state index in [1.807, 2.05) is 0 Å². The van der Waals surface area contributed by atoms with Gasteiger partial charge in [-0.2, -0.15) is 4.58 Å². The van der Waals surface area contributed by atoms with E-state index in [1.165, 1.54) is 32.6 Å². The second-order valence-corrected chi connectivity index (χ2v) is 16.1. The summed E-state index contributed by atoms with van der Waals surface area (Å²) >= 11 is 0. The van der Waals surface area contributed by atoms with E-state index in [9.17, 15) is 0 Å². The highest BCUT2D eigenvalue weighted by Gasteiger charge is 2.27. The van der Waals surface area contributed by atoms with Gasteiger partial charge in [0.15, 0.2) is 6.54 Å². The number of nitrogens with zero attached hydrogens (tertiary/aromatic N) is 4. The number of rotatable bonds is 6. The lowest BCUT2D eigenvalue weighted by Gasteiger charge is -2.11. The zero-order valence-electron chi connectivity index (χ0n) is 33.6. The molecule has 3 aromatic heterocycles. The summed E-state index contributed by atoms with van der Waals surface area (Å²) in [5.41, 5.74) is 15.5. The standard InChI is InChI=1S/C57H37N4O/c1-3-13-37(14-4-1)57-58-31-32-59(57)50-20-10-7-17-43(50)40-24-28-54-47(35-40)46-33-38(23-27-53(46)60(54)41-15-5-2-6-16-41)39-25-29-55-48(34-39)49-36-42(26-30-56(49)62-55)61-51-21-11-8-18-44(51)45-19-9-12-22-52(45)61/h1-30,32-36H,31H2/q+1. The Kier molecular flexibility index (Phi) is 7.60. The molecule has 0 spiro atoms. The van der Waals surface area contributed by atoms with Gasteiger partial charge in [0.1, 0.15) is 23.1 Å². The maximum Gasteiger partial charge on any atom is 0.329 e. The zero-order valence-corrected chi connectivity index (χ0v) is 33.6. The summed E-state index contributed by atoms with van der Waals surface area (Å²) in [6.07, 6.45) is 2.18. The minimum Gasteiger partial charge on any atom is -0.456 e. The minimum absolute atomic E-state index is 0.647. The second kappa shape index (κ2) is 13.6. The van der Waals surface area contributed by atoms with Crippen LogP contribution in [0.2, 0.25) is 0 Å². The van der Waals surface area contributed by atoms with E-state index in [2.05, 4.69) is 226 Å². The highest BCUT2D eigenvalue weighted by Crippen LogP contribution is 2.41. The average Bonchev–Trinajstić information content (AvgIpc) is 4.13. The minimum atomic E-state index is 0.647. The molecule has 13 rings (SSSR count). The number of aromatic nitrogens is 2. The molecule has 12 aromatic rings. The lowest BCUT2D eigenvalue weighted by Crippen LogP contribution is -2.15. The van der Waals surface area contributed by atoms with Crippen LogP contribution in [0.3, 0.4) is 0 Å². The summed E-state index contributed by atoms with van der Waals surface area (Å²) in [5.74, 6) is 0.967. The first-order chi connectivity index (χ1) is 30.7. The molecule has 4 heterocycles. The Morgan fingerprint density at radius 1 is 0.387 bits per heavy atom. The van der Waals surface area contributed by atoms with E-state index in [-0.39, 0.29) is 0 Å². The van der Waals surface area contributed by atoms with Crippen LogP contribution in [0, 0.1) is 0 Å². The molecule has 0 radical (unpaired) electrons. The quantitative estimate of drug-likeness (QED) is 0.155. The molecule has 0 N–H and O–H groups in total. The molecule has 0 amide bonds. The number of aliphatic imine (C=N–C) groups is 1. The molecule has 0 atom stereocenters. The van der Waals surface area contributed by atoms with Crippen LogP contribution >= 0.6 is 0 Å². The normalized spacial score (nSPS) is 13.0. The number of hydrogen-bond acceptors (Lipinski definition) is 2. The Morgan fingerprint density at radius 3 is 1.66 bits per heavy atom. The molecule has 9 aromatic carbocycles. The topological polar surface area (TPSA) is 38.4 Å². The molecule has 290 valence electrons. The molecule has 5 heteroatoms. The summed E-state index contributed by atoms with van der Waals surface area (Å²) in [4.78, 5) is 4.91. The third kappa shape index (κ3) is 5.28. The first-order valence-corrected chi connectivity index (χ1v) is 21.2. The largest absolute Gasteiger partial charge is 0.456 e. The van der Waals surface area contributed by atoms with Gasteiger partial charge in [-0.15, -0.1) is 0 Å². The van der Waals surface area contributed by atoms with E-state index < -0.39 is 0 Å². The number of fused-ring (bicyclic) bond motifs is 9. The Labute approximate surface area is 357 Å². The second-order valence-electron chi connectivity index (χ2n) is 16.1. The monoisotopic (exact) mass is 793 g/mol. The van der Waals surface area contributed by atoms with E-state index in [1.54, 1.807) is 0 Å². The van der Waals surface area contributed by atoms with Gasteiger partial charge in [-0.25, -0.2) is 0 Å². The lowest BCUT2D eigenvalue weighted by atomic mass is 9.98. The number of amidine groups is 1. The molecule has 0 unspecified atom stereocenters. The maximum atomic E-state index is 6.48. The van der Waals surface area contributed by atoms with Crippen molar-refractivity contribution in [1.82, 2.24) is 9.13 Å². The van der Waals surface area contributed by atoms with Crippen molar-refractivity contribution in [3.05, 3.63) is 212 Å². The molecule has 1 aliphatic rings. The van der Waals surface area contributed by atoms with Crippen molar-refractivity contribution in [3.63, 3.8) is 0 Å². The van der Waals surface area contributed by atoms with Crippen LogP contribution in [-0.2, 0) is 0 Å². The molecule has 0 bridgehead atoms. The van der Waals surface area contributed by atoms with Crippen LogP contribution in [0.4, 0.5) is 5.69 Å². The van der Waals surface area contributed by atoms with Crippen LogP contribution < -0.4 is 0 Å². The fourth-order valence-electron chi connectivity index (χ4n) is 9.84. The molecular weight excluding hydrogens is 757 g/mol. The Balaban J connectivity index is 0.967. The third-order valence-electron chi connectivity index (χ3n) is 12.6. The van der Waals surface area contributed by atoms with Crippen molar-refractivity contribution in [2.24, 2.45) is 4.99 Å². The van der Waals surface area contributed by atoms with Crippen LogP contribution in [0.1, 0.15) is 5.56 Å². The summed E-state index contributed by atoms with van der Waals surface area (Å²) in [6, 6.07) is 74.2. The van der Waals surface area contributed by atoms with E-state index >= 15 is 0 Å². The summed E-state index contributed by atoms with van der Waals surface area (Å²) in [6.45, 7) is 0.647. The van der Waals surface area contributed by atoms with Crippen molar-refractivity contribution in [2.45, 2.75) is 0 Å².